The van der Waals surface area contributed by atoms with Crippen molar-refractivity contribution in [3.8, 4) is 0 Å². The van der Waals surface area contributed by atoms with Crippen LogP contribution >= 0.6 is 12.4 Å². The van der Waals surface area contributed by atoms with Gasteiger partial charge in [0.2, 0.25) is 0 Å². The smallest absolute Gasteiger partial charge is 0.317 e. The molecule has 0 fully saturated rings. The van der Waals surface area contributed by atoms with Crippen molar-refractivity contribution in [3.05, 3.63) is 71.8 Å². The molecular weight excluding hydrogens is 286 g/mol. The average Bonchev–Trinajstić information content (AvgIpc) is 2.46. The molecule has 0 spiro atoms. The number of carboxylic acid groups (broad SMARTS) is 1. The highest BCUT2D eigenvalue weighted by Crippen LogP contribution is 2.07. The summed E-state index contributed by atoms with van der Waals surface area (Å²) in [5, 5.41) is 9.02. The average molecular weight is 306 g/mol. The maximum Gasteiger partial charge on any atom is 0.317 e. The predicted molar refractivity (Wildman–Crippen MR) is 86.7 cm³/mol. The first-order valence-electron chi connectivity index (χ1n) is 6.76. The molecule has 0 heterocycles. The summed E-state index contributed by atoms with van der Waals surface area (Å²) < 4.78 is 0. The molecular formula is C17H20ClNO2. The summed E-state index contributed by atoms with van der Waals surface area (Å²) in [5.41, 5.74) is 2.37. The second-order valence-electron chi connectivity index (χ2n) is 4.83. The molecule has 2 rings (SSSR count). The molecule has 4 heteroatoms. The van der Waals surface area contributed by atoms with Gasteiger partial charge >= 0.3 is 5.97 Å². The van der Waals surface area contributed by atoms with Crippen molar-refractivity contribution < 1.29 is 9.90 Å². The van der Waals surface area contributed by atoms with E-state index in [0.29, 0.717) is 6.54 Å². The van der Waals surface area contributed by atoms with Crippen molar-refractivity contribution in [2.45, 2.75) is 13.0 Å². The lowest BCUT2D eigenvalue weighted by molar-refractivity contribution is -0.138. The largest absolute Gasteiger partial charge is 0.480 e. The molecule has 3 nitrogen and oxygen atoms in total. The zero-order valence-corrected chi connectivity index (χ0v) is 12.6. The number of halogens is 1. The Morgan fingerprint density at radius 1 is 0.905 bits per heavy atom. The lowest BCUT2D eigenvalue weighted by Crippen LogP contribution is -2.31. The van der Waals surface area contributed by atoms with E-state index in [1.54, 1.807) is 0 Å². The third kappa shape index (κ3) is 6.43. The number of carboxylic acids is 1. The number of aliphatic carboxylic acids is 1. The molecule has 0 unspecified atom stereocenters. The van der Waals surface area contributed by atoms with E-state index in [-0.39, 0.29) is 19.0 Å². The molecule has 2 aromatic carbocycles. The van der Waals surface area contributed by atoms with Crippen LogP contribution < -0.4 is 0 Å². The highest BCUT2D eigenvalue weighted by atomic mass is 35.5. The number of hydrogen-bond donors (Lipinski definition) is 1. The third-order valence-corrected chi connectivity index (χ3v) is 3.17. The topological polar surface area (TPSA) is 40.5 Å². The van der Waals surface area contributed by atoms with Crippen LogP contribution in [0.15, 0.2) is 60.7 Å². The number of hydrogen-bond acceptors (Lipinski definition) is 2. The zero-order chi connectivity index (χ0) is 14.2. The van der Waals surface area contributed by atoms with Crippen molar-refractivity contribution in [1.29, 1.82) is 0 Å². The lowest BCUT2D eigenvalue weighted by Gasteiger charge is -2.20. The van der Waals surface area contributed by atoms with Gasteiger partial charge in [0.1, 0.15) is 0 Å². The van der Waals surface area contributed by atoms with E-state index in [1.165, 1.54) is 5.56 Å². The van der Waals surface area contributed by atoms with Crippen LogP contribution in [0.5, 0.6) is 0 Å². The van der Waals surface area contributed by atoms with Gasteiger partial charge in [-0.25, -0.2) is 0 Å². The molecule has 0 amide bonds. The molecule has 0 aliphatic carbocycles. The van der Waals surface area contributed by atoms with Gasteiger partial charge in [-0.3, -0.25) is 9.69 Å². The summed E-state index contributed by atoms with van der Waals surface area (Å²) in [5.74, 6) is -0.783. The Kier molecular flexibility index (Phi) is 7.51. The molecule has 112 valence electrons. The molecule has 0 aliphatic heterocycles. The van der Waals surface area contributed by atoms with Gasteiger partial charge in [0, 0.05) is 13.1 Å². The van der Waals surface area contributed by atoms with Crippen molar-refractivity contribution in [3.63, 3.8) is 0 Å². The van der Waals surface area contributed by atoms with Gasteiger partial charge in [0.15, 0.2) is 0 Å². The summed E-state index contributed by atoms with van der Waals surface area (Å²) in [7, 11) is 0. The van der Waals surface area contributed by atoms with E-state index in [9.17, 15) is 4.79 Å². The fourth-order valence-electron chi connectivity index (χ4n) is 2.18. The van der Waals surface area contributed by atoms with E-state index in [2.05, 4.69) is 12.1 Å². The number of carbonyl (C=O) groups is 1. The summed E-state index contributed by atoms with van der Waals surface area (Å²) in [4.78, 5) is 12.9. The molecule has 0 aromatic heterocycles. The summed E-state index contributed by atoms with van der Waals surface area (Å²) >= 11 is 0. The summed E-state index contributed by atoms with van der Waals surface area (Å²) in [6, 6.07) is 20.1. The fraction of sp³-hybridized carbons (Fsp3) is 0.235. The standard InChI is InChI=1S/C17H19NO2.ClH/c19-17(20)14-18(13-16-9-5-2-6-10-16)12-11-15-7-3-1-4-8-15;/h1-10H,11-14H2,(H,19,20);1H. The van der Waals surface area contributed by atoms with Crippen LogP contribution in [-0.2, 0) is 17.8 Å². The minimum absolute atomic E-state index is 0. The van der Waals surface area contributed by atoms with Crippen molar-refractivity contribution in [2.75, 3.05) is 13.1 Å². The van der Waals surface area contributed by atoms with Crippen LogP contribution in [0.4, 0.5) is 0 Å². The zero-order valence-electron chi connectivity index (χ0n) is 11.8. The first kappa shape index (κ1) is 17.2. The quantitative estimate of drug-likeness (QED) is 0.854. The van der Waals surface area contributed by atoms with Gasteiger partial charge in [-0.05, 0) is 17.5 Å². The Morgan fingerprint density at radius 3 is 1.95 bits per heavy atom. The van der Waals surface area contributed by atoms with E-state index in [1.807, 2.05) is 53.4 Å². The lowest BCUT2D eigenvalue weighted by atomic mass is 10.1. The maximum atomic E-state index is 11.0. The van der Waals surface area contributed by atoms with E-state index < -0.39 is 5.97 Å². The van der Waals surface area contributed by atoms with Gasteiger partial charge in [-0.15, -0.1) is 12.4 Å². The molecule has 2 aromatic rings. The van der Waals surface area contributed by atoms with Crippen molar-refractivity contribution >= 4 is 18.4 Å². The van der Waals surface area contributed by atoms with Crippen molar-refractivity contribution in [2.24, 2.45) is 0 Å². The Labute approximate surface area is 131 Å². The highest BCUT2D eigenvalue weighted by molar-refractivity contribution is 5.85. The summed E-state index contributed by atoms with van der Waals surface area (Å²) in [6.07, 6.45) is 0.862. The van der Waals surface area contributed by atoms with Gasteiger partial charge in [-0.2, -0.15) is 0 Å². The monoisotopic (exact) mass is 305 g/mol. The molecule has 0 atom stereocenters. The van der Waals surface area contributed by atoms with Gasteiger partial charge in [0.05, 0.1) is 6.54 Å². The molecule has 0 aliphatic rings. The highest BCUT2D eigenvalue weighted by Gasteiger charge is 2.10. The van der Waals surface area contributed by atoms with Gasteiger partial charge < -0.3 is 5.11 Å². The Hall–Kier alpha value is -1.84. The second-order valence-corrected chi connectivity index (χ2v) is 4.83. The molecule has 21 heavy (non-hydrogen) atoms. The van der Waals surface area contributed by atoms with E-state index in [0.717, 1.165) is 18.5 Å². The third-order valence-electron chi connectivity index (χ3n) is 3.17. The number of benzene rings is 2. The van der Waals surface area contributed by atoms with Crippen LogP contribution in [0.1, 0.15) is 11.1 Å². The fourth-order valence-corrected chi connectivity index (χ4v) is 2.18. The predicted octanol–water partition coefficient (Wildman–Crippen LogP) is 3.24. The second kappa shape index (κ2) is 9.16. The summed E-state index contributed by atoms with van der Waals surface area (Å²) in [6.45, 7) is 1.48. The molecule has 0 saturated carbocycles. The molecule has 0 saturated heterocycles. The van der Waals surface area contributed by atoms with Crippen LogP contribution in [0.25, 0.3) is 0 Å². The minimum atomic E-state index is -0.783. The number of nitrogens with zero attached hydrogens (tertiary/aromatic N) is 1. The first-order chi connectivity index (χ1) is 9.74. The Balaban J connectivity index is 0.00000220. The molecule has 0 radical (unpaired) electrons. The van der Waals surface area contributed by atoms with Gasteiger partial charge in [-0.1, -0.05) is 60.7 Å². The maximum absolute atomic E-state index is 11.0. The van der Waals surface area contributed by atoms with E-state index in [4.69, 9.17) is 5.11 Å². The minimum Gasteiger partial charge on any atom is -0.480 e. The number of rotatable bonds is 7. The molecule has 1 N–H and O–H groups in total. The van der Waals surface area contributed by atoms with Crippen LogP contribution in [-0.4, -0.2) is 29.1 Å². The van der Waals surface area contributed by atoms with Crippen LogP contribution in [0.3, 0.4) is 0 Å². The Bertz CT molecular complexity index is 531. The van der Waals surface area contributed by atoms with Gasteiger partial charge in [0.25, 0.3) is 0 Å². The van der Waals surface area contributed by atoms with Crippen LogP contribution in [0, 0.1) is 0 Å². The Morgan fingerprint density at radius 2 is 1.43 bits per heavy atom. The van der Waals surface area contributed by atoms with Crippen molar-refractivity contribution in [1.82, 2.24) is 4.90 Å². The van der Waals surface area contributed by atoms with Crippen LogP contribution in [0.2, 0.25) is 0 Å². The SMILES string of the molecule is Cl.O=C(O)CN(CCc1ccccc1)Cc1ccccc1. The molecule has 0 bridgehead atoms. The first-order valence-corrected chi connectivity index (χ1v) is 6.76. The van der Waals surface area contributed by atoms with E-state index >= 15 is 0 Å². The normalized spacial score (nSPS) is 10.1.